The summed E-state index contributed by atoms with van der Waals surface area (Å²) in [5.41, 5.74) is 5.18. The van der Waals surface area contributed by atoms with Gasteiger partial charge in [0.05, 0.1) is 6.10 Å². The first-order chi connectivity index (χ1) is 4.57. The van der Waals surface area contributed by atoms with Crippen LogP contribution in [0.4, 0.5) is 0 Å². The molecule has 0 rings (SSSR count). The van der Waals surface area contributed by atoms with E-state index in [4.69, 9.17) is 16.0 Å². The lowest BCUT2D eigenvalue weighted by Crippen LogP contribution is -2.38. The molecule has 4 N–H and O–H groups in total. The Kier molecular flexibility index (Phi) is 3.56. The topological polar surface area (TPSA) is 82.1 Å². The highest BCUT2D eigenvalue weighted by atomic mass is 16.4. The third kappa shape index (κ3) is 3.13. The molecular formula is C5H13N3O2. The predicted molar refractivity (Wildman–Crippen MR) is 37.7 cm³/mol. The van der Waals surface area contributed by atoms with Crippen LogP contribution >= 0.6 is 0 Å². The molecule has 0 fully saturated rings. The minimum atomic E-state index is -0.481. The normalized spacial score (nSPS) is 14.9. The van der Waals surface area contributed by atoms with Crippen molar-refractivity contribution in [3.05, 3.63) is 0 Å². The van der Waals surface area contributed by atoms with Gasteiger partial charge in [-0.15, -0.1) is 0 Å². The molecular weight excluding hydrogens is 134 g/mol. The van der Waals surface area contributed by atoms with Crippen molar-refractivity contribution in [2.24, 2.45) is 10.9 Å². The molecule has 60 valence electrons. The van der Waals surface area contributed by atoms with E-state index >= 15 is 0 Å². The number of aliphatic hydroxyl groups excluding tert-OH is 1. The second-order valence-corrected chi connectivity index (χ2v) is 2.19. The molecule has 10 heavy (non-hydrogen) atoms. The maximum Gasteiger partial charge on any atom is 0.233 e. The molecule has 0 bridgehead atoms. The Balaban J connectivity index is 3.73. The summed E-state index contributed by atoms with van der Waals surface area (Å²) < 4.78 is 0. The molecule has 0 spiro atoms. The maximum absolute atomic E-state index is 8.83. The summed E-state index contributed by atoms with van der Waals surface area (Å²) in [4.78, 5) is 1.45. The molecule has 0 saturated heterocycles. The van der Waals surface area contributed by atoms with Crippen LogP contribution < -0.4 is 5.73 Å². The largest absolute Gasteiger partial charge is 0.408 e. The number of oxime groups is 1. The zero-order chi connectivity index (χ0) is 8.15. The van der Waals surface area contributed by atoms with Crippen LogP contribution in [0.3, 0.4) is 0 Å². The van der Waals surface area contributed by atoms with Gasteiger partial charge in [0.1, 0.15) is 0 Å². The highest BCUT2D eigenvalue weighted by molar-refractivity contribution is 5.76. The number of nitrogens with zero attached hydrogens (tertiary/aromatic N) is 2. The van der Waals surface area contributed by atoms with Crippen molar-refractivity contribution in [2.45, 2.75) is 13.0 Å². The van der Waals surface area contributed by atoms with E-state index in [2.05, 4.69) is 5.16 Å². The molecule has 0 aliphatic rings. The molecule has 0 radical (unpaired) electrons. The molecule has 0 aliphatic heterocycles. The van der Waals surface area contributed by atoms with E-state index in [-0.39, 0.29) is 5.96 Å². The summed E-state index contributed by atoms with van der Waals surface area (Å²) in [6.07, 6.45) is -0.481. The van der Waals surface area contributed by atoms with Gasteiger partial charge in [-0.1, -0.05) is 5.16 Å². The summed E-state index contributed by atoms with van der Waals surface area (Å²) >= 11 is 0. The van der Waals surface area contributed by atoms with E-state index in [1.165, 1.54) is 4.90 Å². The second-order valence-electron chi connectivity index (χ2n) is 2.19. The Morgan fingerprint density at radius 2 is 2.30 bits per heavy atom. The fraction of sp³-hybridized carbons (Fsp3) is 0.800. The van der Waals surface area contributed by atoms with Gasteiger partial charge in [-0.3, -0.25) is 0 Å². The van der Waals surface area contributed by atoms with Crippen LogP contribution in [-0.4, -0.2) is 40.9 Å². The summed E-state index contributed by atoms with van der Waals surface area (Å²) in [6, 6.07) is 0. The first kappa shape index (κ1) is 9.03. The van der Waals surface area contributed by atoms with Crippen LogP contribution in [0.2, 0.25) is 0 Å². The molecule has 0 aliphatic carbocycles. The van der Waals surface area contributed by atoms with Crippen molar-refractivity contribution in [3.8, 4) is 0 Å². The highest BCUT2D eigenvalue weighted by Gasteiger charge is 2.04. The van der Waals surface area contributed by atoms with Crippen LogP contribution in [0, 0.1) is 0 Å². The van der Waals surface area contributed by atoms with E-state index in [0.717, 1.165) is 0 Å². The van der Waals surface area contributed by atoms with Crippen LogP contribution in [0.15, 0.2) is 5.16 Å². The summed E-state index contributed by atoms with van der Waals surface area (Å²) in [6.45, 7) is 1.98. The van der Waals surface area contributed by atoms with E-state index in [0.29, 0.717) is 6.54 Å². The van der Waals surface area contributed by atoms with Gasteiger partial charge in [0.25, 0.3) is 0 Å². The molecule has 0 amide bonds. The van der Waals surface area contributed by atoms with Gasteiger partial charge < -0.3 is 20.9 Å². The zero-order valence-electron chi connectivity index (χ0n) is 6.15. The lowest BCUT2D eigenvalue weighted by Gasteiger charge is -2.17. The van der Waals surface area contributed by atoms with Gasteiger partial charge in [0.15, 0.2) is 0 Å². The predicted octanol–water partition coefficient (Wildman–Crippen LogP) is -0.997. The Labute approximate surface area is 59.7 Å². The van der Waals surface area contributed by atoms with Gasteiger partial charge in [0, 0.05) is 13.6 Å². The first-order valence-electron chi connectivity index (χ1n) is 2.94. The summed E-state index contributed by atoms with van der Waals surface area (Å²) in [7, 11) is 1.63. The van der Waals surface area contributed by atoms with Crippen molar-refractivity contribution < 1.29 is 10.3 Å². The average molecular weight is 147 g/mol. The van der Waals surface area contributed by atoms with Crippen LogP contribution in [-0.2, 0) is 0 Å². The van der Waals surface area contributed by atoms with E-state index in [1.807, 2.05) is 0 Å². The molecule has 1 unspecified atom stereocenters. The standard InChI is InChI=1S/C5H13N3O2/c1-4(9)3-8(2)5(6)7-10/h4,9-10H,3H2,1-2H3,(H2,6,7). The minimum absolute atomic E-state index is 0.000833. The van der Waals surface area contributed by atoms with Crippen molar-refractivity contribution in [3.63, 3.8) is 0 Å². The van der Waals surface area contributed by atoms with Gasteiger partial charge in [-0.25, -0.2) is 0 Å². The number of rotatable bonds is 2. The number of hydrogen-bond donors (Lipinski definition) is 3. The molecule has 0 heterocycles. The zero-order valence-corrected chi connectivity index (χ0v) is 6.15. The van der Waals surface area contributed by atoms with Crippen LogP contribution in [0.5, 0.6) is 0 Å². The molecule has 0 aromatic carbocycles. The number of guanidine groups is 1. The molecule has 5 heteroatoms. The first-order valence-corrected chi connectivity index (χ1v) is 2.94. The van der Waals surface area contributed by atoms with Gasteiger partial charge in [-0.05, 0) is 6.92 Å². The smallest absolute Gasteiger partial charge is 0.233 e. The Bertz CT molecular complexity index is 124. The number of aliphatic hydroxyl groups is 1. The number of likely N-dealkylation sites (N-methyl/N-ethyl adjacent to an activating group) is 1. The lowest BCUT2D eigenvalue weighted by molar-refractivity contribution is 0.165. The third-order valence-corrected chi connectivity index (χ3v) is 1.03. The number of nitrogens with two attached hydrogens (primary N) is 1. The minimum Gasteiger partial charge on any atom is -0.408 e. The van der Waals surface area contributed by atoms with Crippen molar-refractivity contribution >= 4 is 5.96 Å². The summed E-state index contributed by atoms with van der Waals surface area (Å²) in [5.74, 6) is 0.000833. The highest BCUT2D eigenvalue weighted by Crippen LogP contribution is 1.86. The fourth-order valence-corrected chi connectivity index (χ4v) is 0.566. The molecule has 5 nitrogen and oxygen atoms in total. The summed E-state index contributed by atoms with van der Waals surface area (Å²) in [5, 5.41) is 19.7. The van der Waals surface area contributed by atoms with E-state index in [9.17, 15) is 0 Å². The van der Waals surface area contributed by atoms with Crippen LogP contribution in [0.1, 0.15) is 6.92 Å². The quantitative estimate of drug-likeness (QED) is 0.202. The Hall–Kier alpha value is -0.970. The van der Waals surface area contributed by atoms with Crippen molar-refractivity contribution in [1.29, 1.82) is 0 Å². The van der Waals surface area contributed by atoms with E-state index in [1.54, 1.807) is 14.0 Å². The number of hydrogen-bond acceptors (Lipinski definition) is 3. The molecule has 0 aromatic rings. The van der Waals surface area contributed by atoms with Gasteiger partial charge in [0.2, 0.25) is 5.96 Å². The monoisotopic (exact) mass is 147 g/mol. The maximum atomic E-state index is 8.83. The van der Waals surface area contributed by atoms with Crippen molar-refractivity contribution in [2.75, 3.05) is 13.6 Å². The third-order valence-electron chi connectivity index (χ3n) is 1.03. The van der Waals surface area contributed by atoms with Crippen molar-refractivity contribution in [1.82, 2.24) is 4.90 Å². The van der Waals surface area contributed by atoms with E-state index < -0.39 is 6.10 Å². The molecule has 0 aromatic heterocycles. The second kappa shape index (κ2) is 3.94. The van der Waals surface area contributed by atoms with Crippen LogP contribution in [0.25, 0.3) is 0 Å². The molecule has 1 atom stereocenters. The lowest BCUT2D eigenvalue weighted by atomic mass is 10.4. The Morgan fingerprint density at radius 1 is 1.80 bits per heavy atom. The fourth-order valence-electron chi connectivity index (χ4n) is 0.566. The Morgan fingerprint density at radius 3 is 2.60 bits per heavy atom. The van der Waals surface area contributed by atoms with Gasteiger partial charge in [-0.2, -0.15) is 0 Å². The average Bonchev–Trinajstić information content (AvgIpc) is 1.85. The molecule has 0 saturated carbocycles. The SMILES string of the molecule is CC(O)CN(C)C(N)=NO. The van der Waals surface area contributed by atoms with Gasteiger partial charge >= 0.3 is 0 Å².